The van der Waals surface area contributed by atoms with Gasteiger partial charge in [-0.15, -0.1) is 0 Å². The summed E-state index contributed by atoms with van der Waals surface area (Å²) in [4.78, 5) is 20.4. The number of aliphatic hydroxyl groups excluding tert-OH is 1. The molecule has 0 aliphatic rings. The number of aryl methyl sites for hydroxylation is 2. The quantitative estimate of drug-likeness (QED) is 0.821. The summed E-state index contributed by atoms with van der Waals surface area (Å²) in [6, 6.07) is 6.99. The Balaban J connectivity index is 2.13. The third-order valence-corrected chi connectivity index (χ3v) is 2.65. The van der Waals surface area contributed by atoms with Crippen LogP contribution in [0.3, 0.4) is 0 Å². The standard InChI is InChI=1S/C16H15N3O2/c1-11-8-12(2)18-15(9-11)19-16(21)14-6-5-13(10-17-14)4-3-7-20/h5-6,8-10,20H,7H2,1-2H3,(H,18,19,21). The average Bonchev–Trinajstić information content (AvgIpc) is 2.44. The fourth-order valence-corrected chi connectivity index (χ4v) is 1.83. The van der Waals surface area contributed by atoms with Crippen LogP contribution < -0.4 is 5.32 Å². The number of nitrogens with zero attached hydrogens (tertiary/aromatic N) is 2. The predicted octanol–water partition coefficient (Wildman–Crippen LogP) is 1.69. The minimum Gasteiger partial charge on any atom is -0.384 e. The second-order valence-corrected chi connectivity index (χ2v) is 4.52. The molecule has 0 fully saturated rings. The smallest absolute Gasteiger partial charge is 0.275 e. The van der Waals surface area contributed by atoms with E-state index in [1.54, 1.807) is 18.2 Å². The van der Waals surface area contributed by atoms with Crippen molar-refractivity contribution in [1.82, 2.24) is 9.97 Å². The summed E-state index contributed by atoms with van der Waals surface area (Å²) in [5, 5.41) is 11.3. The monoisotopic (exact) mass is 281 g/mol. The highest BCUT2D eigenvalue weighted by atomic mass is 16.2. The zero-order chi connectivity index (χ0) is 15.2. The molecule has 2 N–H and O–H groups in total. The van der Waals surface area contributed by atoms with Crippen LogP contribution in [0.2, 0.25) is 0 Å². The minimum absolute atomic E-state index is 0.208. The Hall–Kier alpha value is -2.71. The Bertz CT molecular complexity index is 692. The molecule has 5 nitrogen and oxygen atoms in total. The van der Waals surface area contributed by atoms with Crippen LogP contribution in [0.4, 0.5) is 5.82 Å². The lowest BCUT2D eigenvalue weighted by molar-refractivity contribution is 0.102. The summed E-state index contributed by atoms with van der Waals surface area (Å²) in [6.07, 6.45) is 1.49. The van der Waals surface area contributed by atoms with E-state index < -0.39 is 0 Å². The van der Waals surface area contributed by atoms with E-state index in [4.69, 9.17) is 5.11 Å². The first-order valence-corrected chi connectivity index (χ1v) is 6.41. The van der Waals surface area contributed by atoms with E-state index in [0.717, 1.165) is 11.3 Å². The van der Waals surface area contributed by atoms with Gasteiger partial charge in [-0.25, -0.2) is 9.97 Å². The summed E-state index contributed by atoms with van der Waals surface area (Å²) in [5.41, 5.74) is 2.80. The molecule has 2 heterocycles. The summed E-state index contributed by atoms with van der Waals surface area (Å²) in [7, 11) is 0. The summed E-state index contributed by atoms with van der Waals surface area (Å²) < 4.78 is 0. The van der Waals surface area contributed by atoms with E-state index >= 15 is 0 Å². The van der Waals surface area contributed by atoms with Crippen molar-refractivity contribution >= 4 is 11.7 Å². The molecule has 0 aromatic carbocycles. The second kappa shape index (κ2) is 6.64. The topological polar surface area (TPSA) is 75.1 Å². The van der Waals surface area contributed by atoms with E-state index in [2.05, 4.69) is 27.1 Å². The van der Waals surface area contributed by atoms with Crippen molar-refractivity contribution in [3.63, 3.8) is 0 Å². The first-order chi connectivity index (χ1) is 10.1. The Morgan fingerprint density at radius 2 is 2.14 bits per heavy atom. The van der Waals surface area contributed by atoms with Crippen molar-refractivity contribution < 1.29 is 9.90 Å². The molecule has 0 saturated heterocycles. The van der Waals surface area contributed by atoms with E-state index in [1.807, 2.05) is 19.9 Å². The van der Waals surface area contributed by atoms with Gasteiger partial charge in [0.05, 0.1) is 0 Å². The van der Waals surface area contributed by atoms with Gasteiger partial charge < -0.3 is 10.4 Å². The van der Waals surface area contributed by atoms with Crippen molar-refractivity contribution in [3.8, 4) is 11.8 Å². The fourth-order valence-electron chi connectivity index (χ4n) is 1.83. The van der Waals surface area contributed by atoms with Crippen molar-refractivity contribution in [1.29, 1.82) is 0 Å². The van der Waals surface area contributed by atoms with Gasteiger partial charge in [0.1, 0.15) is 18.1 Å². The molecule has 2 aromatic heterocycles. The number of amides is 1. The molecule has 0 aliphatic carbocycles. The molecule has 5 heteroatoms. The van der Waals surface area contributed by atoms with Crippen LogP contribution in [0.15, 0.2) is 30.5 Å². The molecule has 2 rings (SSSR count). The molecule has 0 spiro atoms. The van der Waals surface area contributed by atoms with E-state index in [1.165, 1.54) is 6.20 Å². The number of carbonyl (C=O) groups is 1. The minimum atomic E-state index is -0.325. The highest BCUT2D eigenvalue weighted by molar-refractivity contribution is 6.02. The molecule has 0 radical (unpaired) electrons. The van der Waals surface area contributed by atoms with Gasteiger partial charge in [-0.3, -0.25) is 4.79 Å². The van der Waals surface area contributed by atoms with E-state index in [0.29, 0.717) is 11.4 Å². The highest BCUT2D eigenvalue weighted by Crippen LogP contribution is 2.10. The van der Waals surface area contributed by atoms with Gasteiger partial charge in [-0.2, -0.15) is 0 Å². The number of hydrogen-bond donors (Lipinski definition) is 2. The summed E-state index contributed by atoms with van der Waals surface area (Å²) in [5.74, 6) is 5.42. The Kier molecular flexibility index (Phi) is 4.64. The molecule has 0 saturated carbocycles. The largest absolute Gasteiger partial charge is 0.384 e. The maximum atomic E-state index is 12.1. The van der Waals surface area contributed by atoms with Gasteiger partial charge in [0.15, 0.2) is 0 Å². The molecule has 106 valence electrons. The third-order valence-electron chi connectivity index (χ3n) is 2.65. The zero-order valence-corrected chi connectivity index (χ0v) is 11.8. The maximum absolute atomic E-state index is 12.1. The molecular formula is C16H15N3O2. The van der Waals surface area contributed by atoms with E-state index in [-0.39, 0.29) is 18.2 Å². The molecule has 2 aromatic rings. The summed E-state index contributed by atoms with van der Waals surface area (Å²) in [6.45, 7) is 3.60. The SMILES string of the molecule is Cc1cc(C)nc(NC(=O)c2ccc(C#CCO)cn2)c1. The number of carbonyl (C=O) groups excluding carboxylic acids is 1. The van der Waals surface area contributed by atoms with E-state index in [9.17, 15) is 4.79 Å². The third kappa shape index (κ3) is 4.13. The van der Waals surface area contributed by atoms with Gasteiger partial charge in [-0.05, 0) is 43.7 Å². The van der Waals surface area contributed by atoms with Crippen molar-refractivity contribution in [2.24, 2.45) is 0 Å². The second-order valence-electron chi connectivity index (χ2n) is 4.52. The van der Waals surface area contributed by atoms with Crippen molar-refractivity contribution in [2.75, 3.05) is 11.9 Å². The van der Waals surface area contributed by atoms with Gasteiger partial charge >= 0.3 is 0 Å². The molecule has 0 aliphatic heterocycles. The maximum Gasteiger partial charge on any atom is 0.275 e. The lowest BCUT2D eigenvalue weighted by Gasteiger charge is -2.06. The Morgan fingerprint density at radius 1 is 1.33 bits per heavy atom. The Morgan fingerprint density at radius 3 is 2.76 bits per heavy atom. The number of hydrogen-bond acceptors (Lipinski definition) is 4. The number of aliphatic hydroxyl groups is 1. The van der Waals surface area contributed by atoms with Crippen LogP contribution in [0.5, 0.6) is 0 Å². The van der Waals surface area contributed by atoms with Gasteiger partial charge in [0, 0.05) is 17.5 Å². The summed E-state index contributed by atoms with van der Waals surface area (Å²) >= 11 is 0. The molecule has 1 amide bonds. The van der Waals surface area contributed by atoms with Crippen LogP contribution in [0.1, 0.15) is 27.3 Å². The zero-order valence-electron chi connectivity index (χ0n) is 11.8. The van der Waals surface area contributed by atoms with Crippen LogP contribution in [-0.2, 0) is 0 Å². The van der Waals surface area contributed by atoms with Gasteiger partial charge in [0.25, 0.3) is 5.91 Å². The Labute approximate surface area is 123 Å². The van der Waals surface area contributed by atoms with Crippen molar-refractivity contribution in [2.45, 2.75) is 13.8 Å². The predicted molar refractivity (Wildman–Crippen MR) is 79.9 cm³/mol. The lowest BCUT2D eigenvalue weighted by atomic mass is 10.2. The average molecular weight is 281 g/mol. The molecule has 21 heavy (non-hydrogen) atoms. The highest BCUT2D eigenvalue weighted by Gasteiger charge is 2.08. The van der Waals surface area contributed by atoms with Gasteiger partial charge in [0.2, 0.25) is 0 Å². The van der Waals surface area contributed by atoms with Crippen LogP contribution in [-0.4, -0.2) is 27.6 Å². The molecule has 0 atom stereocenters. The number of nitrogens with one attached hydrogen (secondary N) is 1. The van der Waals surface area contributed by atoms with Crippen LogP contribution >= 0.6 is 0 Å². The van der Waals surface area contributed by atoms with Crippen molar-refractivity contribution in [3.05, 3.63) is 53.0 Å². The van der Waals surface area contributed by atoms with Gasteiger partial charge in [-0.1, -0.05) is 11.8 Å². The number of pyridine rings is 2. The van der Waals surface area contributed by atoms with Crippen LogP contribution in [0.25, 0.3) is 0 Å². The molecule has 0 unspecified atom stereocenters. The lowest BCUT2D eigenvalue weighted by Crippen LogP contribution is -2.15. The first-order valence-electron chi connectivity index (χ1n) is 6.41. The normalized spacial score (nSPS) is 9.67. The van der Waals surface area contributed by atoms with Crippen LogP contribution in [0, 0.1) is 25.7 Å². The number of rotatable bonds is 2. The molecular weight excluding hydrogens is 266 g/mol. The molecule has 0 bridgehead atoms. The first kappa shape index (κ1) is 14.7. The number of anilines is 1. The number of aromatic nitrogens is 2. The fraction of sp³-hybridized carbons (Fsp3) is 0.188.